The molecule has 1 amide bonds. The average molecular weight is 288 g/mol. The van der Waals surface area contributed by atoms with E-state index in [-0.39, 0.29) is 29.5 Å². The van der Waals surface area contributed by atoms with E-state index in [1.54, 1.807) is 32.9 Å². The second-order valence-electron chi connectivity index (χ2n) is 5.13. The van der Waals surface area contributed by atoms with Gasteiger partial charge in [-0.1, -0.05) is 12.1 Å². The fraction of sp³-hybridized carbons (Fsp3) is 0.438. The number of carbonyl (C=O) groups excluding carboxylic acids is 1. The Morgan fingerprint density at radius 3 is 2.24 bits per heavy atom. The Labute approximate surface area is 124 Å². The highest BCUT2D eigenvalue weighted by atomic mass is 16.4. The highest BCUT2D eigenvalue weighted by molar-refractivity contribution is 6.06. The lowest BCUT2D eigenvalue weighted by Gasteiger charge is -2.24. The number of rotatable bonds is 5. The van der Waals surface area contributed by atoms with Crippen LogP contribution in [-0.4, -0.2) is 35.0 Å². The van der Waals surface area contributed by atoms with Crippen LogP contribution in [0.25, 0.3) is 0 Å². The molecule has 0 aliphatic carbocycles. The van der Waals surface area contributed by atoms with Crippen molar-refractivity contribution in [1.29, 1.82) is 5.26 Å². The van der Waals surface area contributed by atoms with Crippen LogP contribution in [0.5, 0.6) is 0 Å². The van der Waals surface area contributed by atoms with Crippen LogP contribution in [0.2, 0.25) is 0 Å². The molecule has 5 nitrogen and oxygen atoms in total. The van der Waals surface area contributed by atoms with E-state index in [9.17, 15) is 14.7 Å². The molecule has 1 unspecified atom stereocenters. The lowest BCUT2D eigenvalue weighted by Crippen LogP contribution is -2.36. The summed E-state index contributed by atoms with van der Waals surface area (Å²) in [5.41, 5.74) is 1.45. The highest BCUT2D eigenvalue weighted by Crippen LogP contribution is 2.21. The number of carbonyl (C=O) groups is 2. The minimum absolute atomic E-state index is 0.0445. The van der Waals surface area contributed by atoms with Crippen molar-refractivity contribution in [3.63, 3.8) is 0 Å². The highest BCUT2D eigenvalue weighted by Gasteiger charge is 2.25. The molecule has 0 radical (unpaired) electrons. The normalized spacial score (nSPS) is 11.6. The molecule has 0 saturated heterocycles. The fourth-order valence-corrected chi connectivity index (χ4v) is 2.25. The number of nitriles is 1. The Morgan fingerprint density at radius 1 is 1.29 bits per heavy atom. The van der Waals surface area contributed by atoms with Gasteiger partial charge < -0.3 is 10.0 Å². The number of benzene rings is 1. The van der Waals surface area contributed by atoms with Crippen molar-refractivity contribution in [2.45, 2.75) is 27.7 Å². The van der Waals surface area contributed by atoms with E-state index >= 15 is 0 Å². The van der Waals surface area contributed by atoms with Crippen molar-refractivity contribution in [2.75, 3.05) is 13.1 Å². The van der Waals surface area contributed by atoms with Crippen LogP contribution in [0.4, 0.5) is 0 Å². The standard InChI is InChI=1S/C16H20N2O3/c1-5-18(9-10(2)8-17)15(19)13-11(3)6-7-12(4)14(13)16(20)21/h6-7,10H,5,9H2,1-4H3,(H,20,21). The Bertz CT molecular complexity index is 602. The predicted octanol–water partition coefficient (Wildman–Crippen LogP) is 2.62. The van der Waals surface area contributed by atoms with Crippen LogP contribution in [0.1, 0.15) is 45.7 Å². The molecular formula is C16H20N2O3. The smallest absolute Gasteiger partial charge is 0.336 e. The maximum atomic E-state index is 12.7. The summed E-state index contributed by atoms with van der Waals surface area (Å²) < 4.78 is 0. The average Bonchev–Trinajstić information content (AvgIpc) is 2.45. The molecule has 1 atom stereocenters. The number of hydrogen-bond donors (Lipinski definition) is 1. The van der Waals surface area contributed by atoms with E-state index in [2.05, 4.69) is 6.07 Å². The van der Waals surface area contributed by atoms with Crippen molar-refractivity contribution in [3.05, 3.63) is 34.4 Å². The van der Waals surface area contributed by atoms with E-state index in [0.29, 0.717) is 17.7 Å². The Morgan fingerprint density at radius 2 is 1.81 bits per heavy atom. The van der Waals surface area contributed by atoms with E-state index in [4.69, 9.17) is 5.26 Å². The zero-order valence-corrected chi connectivity index (χ0v) is 12.8. The molecule has 1 aromatic rings. The lowest BCUT2D eigenvalue weighted by molar-refractivity contribution is 0.0673. The molecule has 0 fully saturated rings. The predicted molar refractivity (Wildman–Crippen MR) is 79.2 cm³/mol. The van der Waals surface area contributed by atoms with E-state index in [1.807, 2.05) is 6.92 Å². The van der Waals surface area contributed by atoms with Gasteiger partial charge in [0.1, 0.15) is 0 Å². The third-order valence-electron chi connectivity index (χ3n) is 3.43. The van der Waals surface area contributed by atoms with E-state index in [0.717, 1.165) is 0 Å². The number of carboxylic acids is 1. The zero-order chi connectivity index (χ0) is 16.2. The van der Waals surface area contributed by atoms with Crippen LogP contribution in [0.3, 0.4) is 0 Å². The van der Waals surface area contributed by atoms with Gasteiger partial charge >= 0.3 is 5.97 Å². The molecule has 0 spiro atoms. The monoisotopic (exact) mass is 288 g/mol. The summed E-state index contributed by atoms with van der Waals surface area (Å²) in [7, 11) is 0. The Balaban J connectivity index is 3.32. The van der Waals surface area contributed by atoms with Gasteiger partial charge in [-0.25, -0.2) is 4.79 Å². The van der Waals surface area contributed by atoms with Crippen molar-refractivity contribution in [2.24, 2.45) is 5.92 Å². The number of aromatic carboxylic acids is 1. The van der Waals surface area contributed by atoms with Crippen LogP contribution in [0, 0.1) is 31.1 Å². The largest absolute Gasteiger partial charge is 0.478 e. The third kappa shape index (κ3) is 3.60. The Hall–Kier alpha value is -2.35. The van der Waals surface area contributed by atoms with Crippen molar-refractivity contribution >= 4 is 11.9 Å². The van der Waals surface area contributed by atoms with Gasteiger partial charge in [0.25, 0.3) is 5.91 Å². The van der Waals surface area contributed by atoms with Gasteiger partial charge in [0.05, 0.1) is 23.1 Å². The van der Waals surface area contributed by atoms with Gasteiger partial charge in [0, 0.05) is 13.1 Å². The number of nitrogens with zero attached hydrogens (tertiary/aromatic N) is 2. The first-order valence-corrected chi connectivity index (χ1v) is 6.85. The maximum Gasteiger partial charge on any atom is 0.336 e. The molecule has 1 N–H and O–H groups in total. The van der Waals surface area contributed by atoms with Crippen LogP contribution in [0.15, 0.2) is 12.1 Å². The molecule has 0 heterocycles. The topological polar surface area (TPSA) is 81.4 Å². The van der Waals surface area contributed by atoms with E-state index in [1.165, 1.54) is 4.90 Å². The summed E-state index contributed by atoms with van der Waals surface area (Å²) in [5.74, 6) is -1.74. The summed E-state index contributed by atoms with van der Waals surface area (Å²) >= 11 is 0. The number of hydrogen-bond acceptors (Lipinski definition) is 3. The van der Waals surface area contributed by atoms with Crippen LogP contribution >= 0.6 is 0 Å². The van der Waals surface area contributed by atoms with Gasteiger partial charge in [0.15, 0.2) is 0 Å². The SMILES string of the molecule is CCN(CC(C)C#N)C(=O)c1c(C)ccc(C)c1C(=O)O. The van der Waals surface area contributed by atoms with E-state index < -0.39 is 5.97 Å². The summed E-state index contributed by atoms with van der Waals surface area (Å²) in [6.07, 6.45) is 0. The first kappa shape index (κ1) is 16.7. The van der Waals surface area contributed by atoms with Gasteiger partial charge in [-0.05, 0) is 38.8 Å². The minimum atomic E-state index is -1.11. The molecule has 112 valence electrons. The summed E-state index contributed by atoms with van der Waals surface area (Å²) in [4.78, 5) is 25.7. The fourth-order valence-electron chi connectivity index (χ4n) is 2.25. The van der Waals surface area contributed by atoms with Gasteiger partial charge in [-0.15, -0.1) is 0 Å². The third-order valence-corrected chi connectivity index (χ3v) is 3.43. The molecule has 21 heavy (non-hydrogen) atoms. The molecule has 0 saturated carbocycles. The van der Waals surface area contributed by atoms with Crippen LogP contribution in [-0.2, 0) is 0 Å². The number of aryl methyl sites for hydroxylation is 2. The lowest BCUT2D eigenvalue weighted by atomic mass is 9.96. The zero-order valence-electron chi connectivity index (χ0n) is 12.8. The number of carboxylic acid groups (broad SMARTS) is 1. The minimum Gasteiger partial charge on any atom is -0.478 e. The van der Waals surface area contributed by atoms with Gasteiger partial charge in [0.2, 0.25) is 0 Å². The number of amides is 1. The molecule has 1 aromatic carbocycles. The van der Waals surface area contributed by atoms with Crippen molar-refractivity contribution in [3.8, 4) is 6.07 Å². The summed E-state index contributed by atoms with van der Waals surface area (Å²) in [6, 6.07) is 5.53. The molecule has 0 aliphatic heterocycles. The molecule has 0 bridgehead atoms. The summed E-state index contributed by atoms with van der Waals surface area (Å²) in [6.45, 7) is 7.66. The first-order valence-electron chi connectivity index (χ1n) is 6.85. The van der Waals surface area contributed by atoms with Gasteiger partial charge in [-0.2, -0.15) is 5.26 Å². The first-order chi connectivity index (χ1) is 9.83. The summed E-state index contributed by atoms with van der Waals surface area (Å²) in [5, 5.41) is 18.3. The van der Waals surface area contributed by atoms with Gasteiger partial charge in [-0.3, -0.25) is 4.79 Å². The molecular weight excluding hydrogens is 268 g/mol. The second-order valence-corrected chi connectivity index (χ2v) is 5.13. The molecule has 5 heteroatoms. The molecule has 0 aromatic heterocycles. The van der Waals surface area contributed by atoms with Crippen LogP contribution < -0.4 is 0 Å². The van der Waals surface area contributed by atoms with Crippen molar-refractivity contribution < 1.29 is 14.7 Å². The van der Waals surface area contributed by atoms with Crippen molar-refractivity contribution in [1.82, 2.24) is 4.90 Å². The second kappa shape index (κ2) is 6.89. The molecule has 1 rings (SSSR count). The maximum absolute atomic E-state index is 12.7. The quantitative estimate of drug-likeness (QED) is 0.903. The Kier molecular flexibility index (Phi) is 5.48. The molecule has 0 aliphatic rings.